The molecule has 2 aromatic carbocycles. The van der Waals surface area contributed by atoms with Crippen molar-refractivity contribution >= 4 is 23.9 Å². The molecule has 0 aliphatic rings. The third-order valence-electron chi connectivity index (χ3n) is 4.66. The quantitative estimate of drug-likeness (QED) is 0.553. The highest BCUT2D eigenvalue weighted by Gasteiger charge is 2.12. The molecule has 3 aromatic rings. The van der Waals surface area contributed by atoms with Crippen LogP contribution in [0.5, 0.6) is 0 Å². The summed E-state index contributed by atoms with van der Waals surface area (Å²) in [6.07, 6.45) is 6.70. The molecule has 5 heteroatoms. The SMILES string of the molecule is CCC(C)CC(=O)Nc1ncc(-c2ccc(F)cc2)nc1/C=C/c1ccccc1. The lowest BCUT2D eigenvalue weighted by Gasteiger charge is -2.11. The largest absolute Gasteiger partial charge is 0.309 e. The van der Waals surface area contributed by atoms with Gasteiger partial charge in [-0.25, -0.2) is 14.4 Å². The topological polar surface area (TPSA) is 54.9 Å². The van der Waals surface area contributed by atoms with Crippen molar-refractivity contribution in [3.63, 3.8) is 0 Å². The van der Waals surface area contributed by atoms with E-state index in [1.807, 2.05) is 49.4 Å². The molecule has 29 heavy (non-hydrogen) atoms. The summed E-state index contributed by atoms with van der Waals surface area (Å²) in [5, 5.41) is 2.88. The molecule has 1 amide bonds. The summed E-state index contributed by atoms with van der Waals surface area (Å²) in [5.41, 5.74) is 2.93. The fourth-order valence-electron chi connectivity index (χ4n) is 2.76. The summed E-state index contributed by atoms with van der Waals surface area (Å²) in [6, 6.07) is 15.9. The summed E-state index contributed by atoms with van der Waals surface area (Å²) < 4.78 is 13.2. The van der Waals surface area contributed by atoms with Gasteiger partial charge in [-0.2, -0.15) is 0 Å². The molecule has 1 atom stereocenters. The predicted octanol–water partition coefficient (Wildman–Crippen LogP) is 5.83. The highest BCUT2D eigenvalue weighted by atomic mass is 19.1. The summed E-state index contributed by atoms with van der Waals surface area (Å²) in [5.74, 6) is 0.318. The monoisotopic (exact) mass is 389 g/mol. The van der Waals surface area contributed by atoms with Gasteiger partial charge in [0.1, 0.15) is 11.5 Å². The molecule has 1 N–H and O–H groups in total. The fourth-order valence-corrected chi connectivity index (χ4v) is 2.76. The molecule has 0 saturated heterocycles. The van der Waals surface area contributed by atoms with Gasteiger partial charge in [0, 0.05) is 12.0 Å². The van der Waals surface area contributed by atoms with Gasteiger partial charge in [0.05, 0.1) is 11.9 Å². The first-order valence-corrected chi connectivity index (χ1v) is 9.71. The molecule has 1 aromatic heterocycles. The van der Waals surface area contributed by atoms with Gasteiger partial charge in [-0.15, -0.1) is 0 Å². The Bertz CT molecular complexity index is 985. The van der Waals surface area contributed by atoms with Crippen molar-refractivity contribution in [2.24, 2.45) is 5.92 Å². The maximum absolute atomic E-state index is 13.2. The van der Waals surface area contributed by atoms with Crippen LogP contribution < -0.4 is 5.32 Å². The van der Waals surface area contributed by atoms with Crippen molar-refractivity contribution in [3.05, 3.63) is 77.9 Å². The van der Waals surface area contributed by atoms with Crippen molar-refractivity contribution in [2.75, 3.05) is 5.32 Å². The van der Waals surface area contributed by atoms with E-state index in [-0.39, 0.29) is 11.7 Å². The fraction of sp³-hybridized carbons (Fsp3) is 0.208. The average molecular weight is 389 g/mol. The molecule has 4 nitrogen and oxygen atoms in total. The van der Waals surface area contributed by atoms with Gasteiger partial charge < -0.3 is 5.32 Å². The van der Waals surface area contributed by atoms with Crippen molar-refractivity contribution in [2.45, 2.75) is 26.7 Å². The molecular formula is C24H24FN3O. The Morgan fingerprint density at radius 1 is 1.10 bits per heavy atom. The zero-order valence-electron chi connectivity index (χ0n) is 16.6. The van der Waals surface area contributed by atoms with Crippen LogP contribution in [-0.4, -0.2) is 15.9 Å². The molecule has 0 radical (unpaired) electrons. The van der Waals surface area contributed by atoms with E-state index in [4.69, 9.17) is 0 Å². The molecule has 0 aliphatic carbocycles. The first-order chi connectivity index (χ1) is 14.0. The van der Waals surface area contributed by atoms with Gasteiger partial charge in [-0.3, -0.25) is 4.79 Å². The number of nitrogens with zero attached hydrogens (tertiary/aromatic N) is 2. The van der Waals surface area contributed by atoms with Gasteiger partial charge >= 0.3 is 0 Å². The molecule has 0 aliphatic heterocycles. The molecule has 0 spiro atoms. The lowest BCUT2D eigenvalue weighted by atomic mass is 10.1. The minimum atomic E-state index is -0.306. The molecular weight excluding hydrogens is 365 g/mol. The van der Waals surface area contributed by atoms with Crippen LogP contribution in [0.3, 0.4) is 0 Å². The van der Waals surface area contributed by atoms with Crippen molar-refractivity contribution in [3.8, 4) is 11.3 Å². The molecule has 1 unspecified atom stereocenters. The standard InChI is InChI=1S/C24H24FN3O/c1-3-17(2)15-23(29)28-24-21(14-9-18-7-5-4-6-8-18)27-22(16-26-24)19-10-12-20(25)13-11-19/h4-14,16-17H,3,15H2,1-2H3,(H,26,28,29)/b14-9+. The lowest BCUT2D eigenvalue weighted by Crippen LogP contribution is -2.17. The van der Waals surface area contributed by atoms with Crippen LogP contribution in [0, 0.1) is 11.7 Å². The predicted molar refractivity (Wildman–Crippen MR) is 115 cm³/mol. The number of benzene rings is 2. The Balaban J connectivity index is 1.92. The number of carbonyl (C=O) groups excluding carboxylic acids is 1. The Morgan fingerprint density at radius 2 is 1.83 bits per heavy atom. The molecule has 0 fully saturated rings. The van der Waals surface area contributed by atoms with Gasteiger partial charge in [0.2, 0.25) is 5.91 Å². The summed E-state index contributed by atoms with van der Waals surface area (Å²) in [7, 11) is 0. The number of amides is 1. The van der Waals surface area contributed by atoms with E-state index in [9.17, 15) is 9.18 Å². The third kappa shape index (κ3) is 5.82. The maximum atomic E-state index is 13.2. The number of hydrogen-bond acceptors (Lipinski definition) is 3. The molecule has 1 heterocycles. The first kappa shape index (κ1) is 20.4. The number of aromatic nitrogens is 2. The van der Waals surface area contributed by atoms with Gasteiger partial charge in [0.15, 0.2) is 5.82 Å². The summed E-state index contributed by atoms with van der Waals surface area (Å²) >= 11 is 0. The second kappa shape index (κ2) is 9.73. The Kier molecular flexibility index (Phi) is 6.85. The van der Waals surface area contributed by atoms with Crippen molar-refractivity contribution in [1.29, 1.82) is 0 Å². The normalized spacial score (nSPS) is 12.1. The number of hydrogen-bond donors (Lipinski definition) is 1. The molecule has 0 bridgehead atoms. The van der Waals surface area contributed by atoms with Crippen LogP contribution in [0.2, 0.25) is 0 Å². The third-order valence-corrected chi connectivity index (χ3v) is 4.66. The van der Waals surface area contributed by atoms with Crippen LogP contribution in [0.4, 0.5) is 10.2 Å². The number of anilines is 1. The second-order valence-corrected chi connectivity index (χ2v) is 7.01. The molecule has 148 valence electrons. The van der Waals surface area contributed by atoms with Crippen LogP contribution in [0.15, 0.2) is 60.8 Å². The zero-order chi connectivity index (χ0) is 20.6. The van der Waals surface area contributed by atoms with Crippen molar-refractivity contribution < 1.29 is 9.18 Å². The van der Waals surface area contributed by atoms with Crippen LogP contribution in [0.25, 0.3) is 23.4 Å². The van der Waals surface area contributed by atoms with Crippen LogP contribution >= 0.6 is 0 Å². The molecule has 3 rings (SSSR count). The number of rotatable bonds is 7. The Hall–Kier alpha value is -3.34. The van der Waals surface area contributed by atoms with E-state index < -0.39 is 0 Å². The molecule has 0 saturated carbocycles. The van der Waals surface area contributed by atoms with Crippen LogP contribution in [0.1, 0.15) is 37.9 Å². The number of halogens is 1. The summed E-state index contributed by atoms with van der Waals surface area (Å²) in [6.45, 7) is 4.10. The minimum absolute atomic E-state index is 0.0856. The van der Waals surface area contributed by atoms with Gasteiger partial charge in [-0.1, -0.05) is 56.7 Å². The van der Waals surface area contributed by atoms with Crippen LogP contribution in [-0.2, 0) is 4.79 Å². The zero-order valence-corrected chi connectivity index (χ0v) is 16.6. The van der Waals surface area contributed by atoms with E-state index in [0.29, 0.717) is 29.5 Å². The van der Waals surface area contributed by atoms with E-state index in [0.717, 1.165) is 17.5 Å². The lowest BCUT2D eigenvalue weighted by molar-refractivity contribution is -0.117. The Morgan fingerprint density at radius 3 is 2.52 bits per heavy atom. The maximum Gasteiger partial charge on any atom is 0.225 e. The number of nitrogens with one attached hydrogen (secondary N) is 1. The highest BCUT2D eigenvalue weighted by Crippen LogP contribution is 2.22. The highest BCUT2D eigenvalue weighted by molar-refractivity contribution is 5.92. The second-order valence-electron chi connectivity index (χ2n) is 7.01. The van der Waals surface area contributed by atoms with Gasteiger partial charge in [-0.05, 0) is 41.8 Å². The minimum Gasteiger partial charge on any atom is -0.309 e. The Labute approximate surface area is 170 Å². The van der Waals surface area contributed by atoms with E-state index >= 15 is 0 Å². The van der Waals surface area contributed by atoms with E-state index in [1.54, 1.807) is 18.3 Å². The number of carbonyl (C=O) groups is 1. The summed E-state index contributed by atoms with van der Waals surface area (Å²) in [4.78, 5) is 21.4. The smallest absolute Gasteiger partial charge is 0.225 e. The van der Waals surface area contributed by atoms with E-state index in [1.165, 1.54) is 12.1 Å². The van der Waals surface area contributed by atoms with Gasteiger partial charge in [0.25, 0.3) is 0 Å². The van der Waals surface area contributed by atoms with Crippen molar-refractivity contribution in [1.82, 2.24) is 9.97 Å². The average Bonchev–Trinajstić information content (AvgIpc) is 2.74. The first-order valence-electron chi connectivity index (χ1n) is 9.71. The van der Waals surface area contributed by atoms with E-state index in [2.05, 4.69) is 22.2 Å².